The Morgan fingerprint density at radius 3 is 2.33 bits per heavy atom. The van der Waals surface area contributed by atoms with E-state index >= 15 is 0 Å². The Morgan fingerprint density at radius 1 is 0.953 bits per heavy atom. The number of hydrogen-bond donors (Lipinski definition) is 1. The molecule has 0 saturated carbocycles. The van der Waals surface area contributed by atoms with Crippen LogP contribution in [-0.2, 0) is 31.0 Å². The molecule has 1 saturated heterocycles. The molecule has 214 valence electrons. The van der Waals surface area contributed by atoms with Crippen molar-refractivity contribution < 1.29 is 23.8 Å². The van der Waals surface area contributed by atoms with Gasteiger partial charge in [0.2, 0.25) is 5.60 Å². The number of rotatable bonds is 8. The number of fused-ring (bicyclic) bond motifs is 1. The quantitative estimate of drug-likeness (QED) is 0.270. The molecule has 5 aromatic rings. The second-order valence-electron chi connectivity index (χ2n) is 10.1. The molecule has 43 heavy (non-hydrogen) atoms. The highest BCUT2D eigenvalue weighted by Crippen LogP contribution is 2.49. The van der Waals surface area contributed by atoms with Crippen LogP contribution >= 0.6 is 0 Å². The average molecular weight is 574 g/mol. The molecule has 0 aliphatic carbocycles. The van der Waals surface area contributed by atoms with Gasteiger partial charge in [0.1, 0.15) is 30.6 Å². The van der Waals surface area contributed by atoms with E-state index < -0.39 is 35.7 Å². The number of hydrogen-bond acceptors (Lipinski definition) is 9. The Hall–Kier alpha value is -5.53. The van der Waals surface area contributed by atoms with Crippen molar-refractivity contribution in [2.24, 2.45) is 0 Å². The minimum absolute atomic E-state index is 0.0684. The summed E-state index contributed by atoms with van der Waals surface area (Å²) >= 11 is 0. The summed E-state index contributed by atoms with van der Waals surface area (Å²) in [6.45, 7) is -0.186. The van der Waals surface area contributed by atoms with Gasteiger partial charge < -0.3 is 19.9 Å². The third-order valence-electron chi connectivity index (χ3n) is 7.52. The van der Waals surface area contributed by atoms with Crippen LogP contribution in [0.2, 0.25) is 0 Å². The molecule has 0 amide bonds. The third kappa shape index (κ3) is 5.29. The van der Waals surface area contributed by atoms with Crippen LogP contribution in [0.5, 0.6) is 0 Å². The predicted octanol–water partition coefficient (Wildman–Crippen LogP) is 4.22. The number of esters is 2. The number of nitrogen functional groups attached to an aromatic ring is 1. The first-order valence-corrected chi connectivity index (χ1v) is 13.7. The summed E-state index contributed by atoms with van der Waals surface area (Å²) in [5.74, 6) is -1.58. The fourth-order valence-electron chi connectivity index (χ4n) is 5.52. The third-order valence-corrected chi connectivity index (χ3v) is 7.52. The second-order valence-corrected chi connectivity index (χ2v) is 10.1. The summed E-state index contributed by atoms with van der Waals surface area (Å²) < 4.78 is 19.9. The van der Waals surface area contributed by atoms with Gasteiger partial charge >= 0.3 is 11.9 Å². The smallest absolute Gasteiger partial charge is 0.338 e. The van der Waals surface area contributed by atoms with Crippen molar-refractivity contribution in [3.63, 3.8) is 0 Å². The van der Waals surface area contributed by atoms with Gasteiger partial charge in [-0.2, -0.15) is 10.4 Å². The van der Waals surface area contributed by atoms with Gasteiger partial charge in [0, 0.05) is 0 Å². The van der Waals surface area contributed by atoms with E-state index in [0.29, 0.717) is 16.8 Å². The van der Waals surface area contributed by atoms with Crippen molar-refractivity contribution in [3.8, 4) is 6.07 Å². The van der Waals surface area contributed by atoms with Crippen molar-refractivity contribution in [3.05, 3.63) is 132 Å². The number of benzene rings is 3. The molecule has 2 aromatic heterocycles. The SMILES string of the molecule is N#C[C@@]1(c2ccc3c(N)ncnn23)O[C@H](COC(=O)Cc2ccccc2)C(c2ccccc2)C1OC(=O)c1ccccc1. The van der Waals surface area contributed by atoms with Gasteiger partial charge in [-0.15, -0.1) is 0 Å². The zero-order chi connectivity index (χ0) is 29.8. The number of nitrogens with two attached hydrogens (primary N) is 1. The molecule has 2 N–H and O–H groups in total. The molecule has 3 aromatic carbocycles. The van der Waals surface area contributed by atoms with Gasteiger partial charge in [-0.25, -0.2) is 14.3 Å². The summed E-state index contributed by atoms with van der Waals surface area (Å²) in [6, 6.07) is 32.6. The van der Waals surface area contributed by atoms with Gasteiger partial charge in [0.15, 0.2) is 11.9 Å². The van der Waals surface area contributed by atoms with Gasteiger partial charge in [-0.3, -0.25) is 4.79 Å². The van der Waals surface area contributed by atoms with Gasteiger partial charge in [-0.1, -0.05) is 78.9 Å². The monoisotopic (exact) mass is 573 g/mol. The fraction of sp³-hybridized carbons (Fsp3) is 0.182. The minimum atomic E-state index is -1.85. The van der Waals surface area contributed by atoms with E-state index in [2.05, 4.69) is 16.2 Å². The molecule has 1 fully saturated rings. The molecular formula is C33H27N5O5. The van der Waals surface area contributed by atoms with Crippen LogP contribution in [0.3, 0.4) is 0 Å². The van der Waals surface area contributed by atoms with E-state index in [-0.39, 0.29) is 18.8 Å². The van der Waals surface area contributed by atoms with Crippen LogP contribution < -0.4 is 5.73 Å². The van der Waals surface area contributed by atoms with E-state index in [0.717, 1.165) is 11.1 Å². The first kappa shape index (κ1) is 27.6. The van der Waals surface area contributed by atoms with Crippen molar-refractivity contribution >= 4 is 23.3 Å². The minimum Gasteiger partial charge on any atom is -0.463 e. The molecule has 1 aliphatic heterocycles. The lowest BCUT2D eigenvalue weighted by Crippen LogP contribution is -2.41. The normalized spacial score (nSPS) is 21.2. The Kier molecular flexibility index (Phi) is 7.56. The largest absolute Gasteiger partial charge is 0.463 e. The van der Waals surface area contributed by atoms with Crippen molar-refractivity contribution in [1.82, 2.24) is 14.6 Å². The van der Waals surface area contributed by atoms with Crippen LogP contribution in [-0.4, -0.2) is 45.4 Å². The summed E-state index contributed by atoms with van der Waals surface area (Å²) in [5, 5.41) is 15.2. The van der Waals surface area contributed by atoms with E-state index in [4.69, 9.17) is 19.9 Å². The maximum Gasteiger partial charge on any atom is 0.338 e. The number of carbonyl (C=O) groups is 2. The van der Waals surface area contributed by atoms with Gasteiger partial charge in [0.05, 0.1) is 23.6 Å². The van der Waals surface area contributed by atoms with Crippen LogP contribution in [0.25, 0.3) is 5.52 Å². The second kappa shape index (κ2) is 11.8. The lowest BCUT2D eigenvalue weighted by Gasteiger charge is -2.29. The molecule has 4 atom stereocenters. The Balaban J connectivity index is 1.43. The summed E-state index contributed by atoms with van der Waals surface area (Å²) in [4.78, 5) is 30.4. The molecule has 3 heterocycles. The Morgan fingerprint density at radius 2 is 1.63 bits per heavy atom. The van der Waals surface area contributed by atoms with E-state index in [1.54, 1.807) is 42.5 Å². The first-order valence-electron chi connectivity index (χ1n) is 13.7. The van der Waals surface area contributed by atoms with Crippen molar-refractivity contribution in [2.75, 3.05) is 12.3 Å². The lowest BCUT2D eigenvalue weighted by atomic mass is 9.82. The van der Waals surface area contributed by atoms with Crippen LogP contribution in [0.1, 0.15) is 33.1 Å². The number of nitriles is 1. The summed E-state index contributed by atoms with van der Waals surface area (Å²) in [6.07, 6.45) is -0.687. The molecular weight excluding hydrogens is 546 g/mol. The number of anilines is 1. The van der Waals surface area contributed by atoms with E-state index in [1.165, 1.54) is 10.8 Å². The van der Waals surface area contributed by atoms with Gasteiger partial charge in [0.25, 0.3) is 0 Å². The van der Waals surface area contributed by atoms with E-state index in [1.807, 2.05) is 60.7 Å². The maximum absolute atomic E-state index is 13.5. The molecule has 0 radical (unpaired) electrons. The Bertz CT molecular complexity index is 1790. The number of carbonyl (C=O) groups excluding carboxylic acids is 2. The molecule has 1 aliphatic rings. The number of nitrogens with zero attached hydrogens (tertiary/aromatic N) is 4. The topological polar surface area (TPSA) is 142 Å². The first-order chi connectivity index (χ1) is 21.0. The highest BCUT2D eigenvalue weighted by Gasteiger charge is 2.61. The highest BCUT2D eigenvalue weighted by molar-refractivity contribution is 5.89. The molecule has 10 heteroatoms. The van der Waals surface area contributed by atoms with E-state index in [9.17, 15) is 14.9 Å². The van der Waals surface area contributed by atoms with Crippen LogP contribution in [0, 0.1) is 11.3 Å². The standard InChI is InChI=1S/C33H27N5O5/c34-20-33(27-17-16-25-31(35)36-21-37-38(25)27)30(42-32(40)24-14-8-3-9-15-24)29(23-12-6-2-7-13-23)26(43-33)19-41-28(39)18-22-10-4-1-5-11-22/h1-17,21,26,29-30H,18-19H2,(H2,35,36,37)/t26-,29?,30?,33+/m1/s1. The Labute approximate surface area is 247 Å². The van der Waals surface area contributed by atoms with Crippen molar-refractivity contribution in [2.45, 2.75) is 30.1 Å². The summed E-state index contributed by atoms with van der Waals surface area (Å²) in [7, 11) is 0. The van der Waals surface area contributed by atoms with Gasteiger partial charge in [-0.05, 0) is 35.4 Å². The average Bonchev–Trinajstić information content (AvgIpc) is 3.62. The van der Waals surface area contributed by atoms with Crippen LogP contribution in [0.4, 0.5) is 5.82 Å². The highest BCUT2D eigenvalue weighted by atomic mass is 16.6. The summed E-state index contributed by atoms with van der Waals surface area (Å²) in [5.41, 5.74) is 6.85. The number of ether oxygens (including phenoxy) is 3. The molecule has 6 rings (SSSR count). The lowest BCUT2D eigenvalue weighted by molar-refractivity contribution is -0.148. The fourth-order valence-corrected chi connectivity index (χ4v) is 5.52. The maximum atomic E-state index is 13.5. The zero-order valence-electron chi connectivity index (χ0n) is 22.9. The molecule has 10 nitrogen and oxygen atoms in total. The molecule has 2 unspecified atom stereocenters. The zero-order valence-corrected chi connectivity index (χ0v) is 22.9. The van der Waals surface area contributed by atoms with Crippen LogP contribution in [0.15, 0.2) is 109 Å². The predicted molar refractivity (Wildman–Crippen MR) is 155 cm³/mol. The molecule has 0 spiro atoms. The number of aromatic nitrogens is 3. The van der Waals surface area contributed by atoms with Crippen molar-refractivity contribution in [1.29, 1.82) is 5.26 Å². The molecule has 0 bridgehead atoms.